The minimum absolute atomic E-state index is 0.337. The number of halogens is 1. The number of likely N-dealkylation sites (tertiary alicyclic amines) is 1. The second kappa shape index (κ2) is 3.07. The Hall–Kier alpha value is 0.650. The number of rotatable bonds is 0. The Labute approximate surface area is 94.6 Å². The van der Waals surface area contributed by atoms with E-state index in [0.29, 0.717) is 8.96 Å². The molecule has 0 saturated carbocycles. The van der Waals surface area contributed by atoms with Crippen molar-refractivity contribution in [2.75, 3.05) is 19.6 Å². The van der Waals surface area contributed by atoms with Crippen LogP contribution in [0.25, 0.3) is 0 Å². The number of hydrogen-bond donors (Lipinski definition) is 1. The maximum absolute atomic E-state index is 3.61. The minimum atomic E-state index is 0.337. The molecule has 2 rings (SSSR count). The van der Waals surface area contributed by atoms with E-state index in [1.165, 1.54) is 26.1 Å². The second-order valence-corrected chi connectivity index (χ2v) is 7.49. The molecule has 76 valence electrons. The van der Waals surface area contributed by atoms with E-state index in [4.69, 9.17) is 0 Å². The first kappa shape index (κ1) is 10.2. The summed E-state index contributed by atoms with van der Waals surface area (Å²) in [6, 6.07) is 0.729. The zero-order valence-electron chi connectivity index (χ0n) is 8.73. The Morgan fingerprint density at radius 1 is 1.46 bits per heavy atom. The summed E-state index contributed by atoms with van der Waals surface area (Å²) in [5.74, 6) is 0. The molecule has 0 aliphatic carbocycles. The average molecular weight is 294 g/mol. The van der Waals surface area contributed by atoms with Gasteiger partial charge in [-0.15, -0.1) is 0 Å². The Bertz CT molecular complexity index is 211. The van der Waals surface area contributed by atoms with E-state index >= 15 is 0 Å². The van der Waals surface area contributed by atoms with Crippen LogP contribution >= 0.6 is 22.6 Å². The summed E-state index contributed by atoms with van der Waals surface area (Å²) >= 11 is 2.67. The number of hydrogen-bond acceptors (Lipinski definition) is 2. The monoisotopic (exact) mass is 294 g/mol. The van der Waals surface area contributed by atoms with Crippen molar-refractivity contribution < 1.29 is 0 Å². The molecule has 0 aromatic rings. The third-order valence-corrected chi connectivity index (χ3v) is 4.99. The summed E-state index contributed by atoms with van der Waals surface area (Å²) in [5.41, 5.74) is 0.337. The third-order valence-electron chi connectivity index (χ3n) is 3.36. The van der Waals surface area contributed by atoms with Crippen LogP contribution in [-0.2, 0) is 0 Å². The standard InChI is InChI=1S/C10H19IN2/c1-9(2,3)13-6-8-10(11,7-13)4-5-12-8/h8,12H,4-7H2,1-3H3. The molecule has 0 amide bonds. The highest BCUT2D eigenvalue weighted by atomic mass is 127. The molecule has 2 saturated heterocycles. The van der Waals surface area contributed by atoms with Gasteiger partial charge in [0.05, 0.1) is 3.42 Å². The van der Waals surface area contributed by atoms with Gasteiger partial charge in [0.2, 0.25) is 0 Å². The highest BCUT2D eigenvalue weighted by molar-refractivity contribution is 14.1. The summed E-state index contributed by atoms with van der Waals surface area (Å²) in [5, 5.41) is 3.61. The molecular formula is C10H19IN2. The molecule has 0 radical (unpaired) electrons. The number of nitrogens with one attached hydrogen (secondary N) is 1. The largest absolute Gasteiger partial charge is 0.311 e. The Kier molecular flexibility index (Phi) is 2.40. The summed E-state index contributed by atoms with van der Waals surface area (Å²) < 4.78 is 0.519. The van der Waals surface area contributed by atoms with Crippen LogP contribution in [0.3, 0.4) is 0 Å². The van der Waals surface area contributed by atoms with E-state index in [1.54, 1.807) is 0 Å². The number of alkyl halides is 1. The average Bonchev–Trinajstić information content (AvgIpc) is 2.39. The lowest BCUT2D eigenvalue weighted by atomic mass is 10.0. The van der Waals surface area contributed by atoms with Crippen molar-refractivity contribution in [3.05, 3.63) is 0 Å². The predicted molar refractivity (Wildman–Crippen MR) is 64.5 cm³/mol. The lowest BCUT2D eigenvalue weighted by molar-refractivity contribution is 0.166. The van der Waals surface area contributed by atoms with Gasteiger partial charge in [-0.3, -0.25) is 4.90 Å². The maximum atomic E-state index is 3.61. The Morgan fingerprint density at radius 3 is 2.69 bits per heavy atom. The van der Waals surface area contributed by atoms with Crippen LogP contribution in [-0.4, -0.2) is 39.5 Å². The molecule has 2 atom stereocenters. The van der Waals surface area contributed by atoms with E-state index in [2.05, 4.69) is 53.6 Å². The first-order valence-electron chi connectivity index (χ1n) is 5.09. The summed E-state index contributed by atoms with van der Waals surface area (Å²) in [6.45, 7) is 10.6. The van der Waals surface area contributed by atoms with Crippen LogP contribution < -0.4 is 5.32 Å². The first-order valence-corrected chi connectivity index (χ1v) is 6.17. The molecule has 0 aromatic carbocycles. The predicted octanol–water partition coefficient (Wildman–Crippen LogP) is 1.64. The van der Waals surface area contributed by atoms with Crippen LogP contribution in [0.2, 0.25) is 0 Å². The summed E-state index contributed by atoms with van der Waals surface area (Å²) in [7, 11) is 0. The second-order valence-electron chi connectivity index (χ2n) is 5.34. The summed E-state index contributed by atoms with van der Waals surface area (Å²) in [6.07, 6.45) is 1.34. The molecular weight excluding hydrogens is 275 g/mol. The lowest BCUT2D eigenvalue weighted by Crippen LogP contribution is -2.42. The van der Waals surface area contributed by atoms with Gasteiger partial charge in [-0.25, -0.2) is 0 Å². The van der Waals surface area contributed by atoms with Crippen molar-refractivity contribution in [2.45, 2.75) is 42.2 Å². The first-order chi connectivity index (χ1) is 5.92. The number of nitrogens with zero attached hydrogens (tertiary/aromatic N) is 1. The molecule has 3 heteroatoms. The SMILES string of the molecule is CC(C)(C)N1CC2NCCC2(I)C1. The van der Waals surface area contributed by atoms with Crippen LogP contribution in [0.4, 0.5) is 0 Å². The quantitative estimate of drug-likeness (QED) is 0.540. The van der Waals surface area contributed by atoms with Crippen LogP contribution in [0.5, 0.6) is 0 Å². The Balaban J connectivity index is 2.10. The van der Waals surface area contributed by atoms with Crippen LogP contribution in [0.1, 0.15) is 27.2 Å². The summed E-state index contributed by atoms with van der Waals surface area (Å²) in [4.78, 5) is 2.61. The van der Waals surface area contributed by atoms with Gasteiger partial charge in [-0.05, 0) is 33.7 Å². The fourth-order valence-electron chi connectivity index (χ4n) is 2.34. The van der Waals surface area contributed by atoms with E-state index in [9.17, 15) is 0 Å². The molecule has 2 heterocycles. The maximum Gasteiger partial charge on any atom is 0.0526 e. The third kappa shape index (κ3) is 1.75. The molecule has 2 aliphatic rings. The van der Waals surface area contributed by atoms with E-state index in [1.807, 2.05) is 0 Å². The fraction of sp³-hybridized carbons (Fsp3) is 1.00. The highest BCUT2D eigenvalue weighted by Crippen LogP contribution is 2.40. The van der Waals surface area contributed by atoms with Gasteiger partial charge in [-0.1, -0.05) is 22.6 Å². The van der Waals surface area contributed by atoms with Crippen molar-refractivity contribution in [3.63, 3.8) is 0 Å². The lowest BCUT2D eigenvalue weighted by Gasteiger charge is -2.32. The normalized spacial score (nSPS) is 41.1. The van der Waals surface area contributed by atoms with E-state index in [-0.39, 0.29) is 0 Å². The van der Waals surface area contributed by atoms with Gasteiger partial charge >= 0.3 is 0 Å². The minimum Gasteiger partial charge on any atom is -0.311 e. The zero-order valence-corrected chi connectivity index (χ0v) is 10.9. The van der Waals surface area contributed by atoms with Crippen molar-refractivity contribution in [1.29, 1.82) is 0 Å². The molecule has 13 heavy (non-hydrogen) atoms. The van der Waals surface area contributed by atoms with Gasteiger partial charge < -0.3 is 5.32 Å². The van der Waals surface area contributed by atoms with E-state index in [0.717, 1.165) is 6.04 Å². The van der Waals surface area contributed by atoms with Gasteiger partial charge in [0.15, 0.2) is 0 Å². The van der Waals surface area contributed by atoms with Gasteiger partial charge in [0.1, 0.15) is 0 Å². The molecule has 2 nitrogen and oxygen atoms in total. The smallest absolute Gasteiger partial charge is 0.0526 e. The van der Waals surface area contributed by atoms with Crippen LogP contribution in [0.15, 0.2) is 0 Å². The molecule has 0 spiro atoms. The van der Waals surface area contributed by atoms with Gasteiger partial charge in [0, 0.05) is 24.7 Å². The molecule has 0 bridgehead atoms. The Morgan fingerprint density at radius 2 is 2.15 bits per heavy atom. The van der Waals surface area contributed by atoms with Crippen molar-refractivity contribution in [1.82, 2.24) is 10.2 Å². The highest BCUT2D eigenvalue weighted by Gasteiger charge is 2.49. The van der Waals surface area contributed by atoms with Gasteiger partial charge in [0.25, 0.3) is 0 Å². The van der Waals surface area contributed by atoms with Crippen molar-refractivity contribution in [3.8, 4) is 0 Å². The molecule has 1 N–H and O–H groups in total. The van der Waals surface area contributed by atoms with E-state index < -0.39 is 0 Å². The topological polar surface area (TPSA) is 15.3 Å². The molecule has 2 unspecified atom stereocenters. The zero-order chi connectivity index (χ0) is 9.69. The molecule has 0 aromatic heterocycles. The van der Waals surface area contributed by atoms with Crippen molar-refractivity contribution in [2.24, 2.45) is 0 Å². The number of fused-ring (bicyclic) bond motifs is 1. The molecule has 2 fully saturated rings. The fourth-order valence-corrected chi connectivity index (χ4v) is 3.44. The molecule has 2 aliphatic heterocycles. The van der Waals surface area contributed by atoms with Crippen LogP contribution in [0, 0.1) is 0 Å². The van der Waals surface area contributed by atoms with Crippen molar-refractivity contribution >= 4 is 22.6 Å². The van der Waals surface area contributed by atoms with Gasteiger partial charge in [-0.2, -0.15) is 0 Å².